The topological polar surface area (TPSA) is 62.6 Å². The molecule has 0 aliphatic heterocycles. The van der Waals surface area contributed by atoms with E-state index in [9.17, 15) is 4.79 Å². The fraction of sp³-hybridized carbons (Fsp3) is 0.444. The molecule has 0 atom stereocenters. The van der Waals surface area contributed by atoms with Crippen molar-refractivity contribution in [3.8, 4) is 5.88 Å². The zero-order chi connectivity index (χ0) is 18.9. The third kappa shape index (κ3) is 6.20. The number of carbonyl (C=O) groups is 1. The lowest BCUT2D eigenvalue weighted by molar-refractivity contribution is -0.143. The van der Waals surface area contributed by atoms with Gasteiger partial charge in [-0.05, 0) is 31.0 Å². The molecule has 0 saturated heterocycles. The van der Waals surface area contributed by atoms with Crippen LogP contribution < -0.4 is 4.74 Å². The fourth-order valence-corrected chi connectivity index (χ4v) is 2.81. The second-order valence-electron chi connectivity index (χ2n) is 5.51. The average Bonchev–Trinajstić information content (AvgIpc) is 2.98. The van der Waals surface area contributed by atoms with Crippen molar-refractivity contribution in [3.63, 3.8) is 0 Å². The van der Waals surface area contributed by atoms with Gasteiger partial charge < -0.3 is 14.2 Å². The van der Waals surface area contributed by atoms with Gasteiger partial charge in [0.25, 0.3) is 0 Å². The summed E-state index contributed by atoms with van der Waals surface area (Å²) in [7, 11) is 1.61. The maximum Gasteiger partial charge on any atom is 0.306 e. The molecule has 0 aliphatic carbocycles. The third-order valence-corrected chi connectivity index (χ3v) is 4.19. The lowest BCUT2D eigenvalue weighted by Gasteiger charge is -2.09. The molecular formula is C18H22Cl2N2O4. The van der Waals surface area contributed by atoms with Crippen LogP contribution in [0, 0.1) is 0 Å². The molecule has 8 heteroatoms. The van der Waals surface area contributed by atoms with Crippen molar-refractivity contribution in [2.75, 3.05) is 26.9 Å². The smallest absolute Gasteiger partial charge is 0.306 e. The molecule has 1 aromatic heterocycles. The van der Waals surface area contributed by atoms with Gasteiger partial charge in [-0.2, -0.15) is 0 Å². The highest BCUT2D eigenvalue weighted by atomic mass is 35.5. The first-order valence-electron chi connectivity index (χ1n) is 8.31. The molecule has 142 valence electrons. The summed E-state index contributed by atoms with van der Waals surface area (Å²) in [5.74, 6) is 0.234. The van der Waals surface area contributed by atoms with Gasteiger partial charge in [-0.15, -0.1) is 5.10 Å². The minimum Gasteiger partial charge on any atom is -0.474 e. The number of hydrogen-bond donors (Lipinski definition) is 0. The minimum absolute atomic E-state index is 0.244. The van der Waals surface area contributed by atoms with Crippen molar-refractivity contribution < 1.29 is 19.0 Å². The monoisotopic (exact) mass is 400 g/mol. The molecule has 0 aliphatic rings. The van der Waals surface area contributed by atoms with Gasteiger partial charge in [-0.3, -0.25) is 9.48 Å². The van der Waals surface area contributed by atoms with Crippen molar-refractivity contribution >= 4 is 29.2 Å². The summed E-state index contributed by atoms with van der Waals surface area (Å²) in [4.78, 5) is 11.7. The number of ether oxygens (including phenoxy) is 3. The molecule has 0 unspecified atom stereocenters. The van der Waals surface area contributed by atoms with E-state index in [1.165, 1.54) is 0 Å². The van der Waals surface area contributed by atoms with Gasteiger partial charge in [0.1, 0.15) is 6.61 Å². The van der Waals surface area contributed by atoms with E-state index in [4.69, 9.17) is 37.4 Å². The van der Waals surface area contributed by atoms with Crippen LogP contribution in [0.15, 0.2) is 24.3 Å². The Labute approximate surface area is 162 Å². The summed E-state index contributed by atoms with van der Waals surface area (Å²) >= 11 is 12.2. The van der Waals surface area contributed by atoms with Crippen LogP contribution in [0.2, 0.25) is 10.0 Å². The van der Waals surface area contributed by atoms with Crippen LogP contribution in [0.1, 0.15) is 24.6 Å². The lowest BCUT2D eigenvalue weighted by Crippen LogP contribution is -2.10. The fourth-order valence-electron chi connectivity index (χ4n) is 2.34. The van der Waals surface area contributed by atoms with E-state index in [-0.39, 0.29) is 12.4 Å². The van der Waals surface area contributed by atoms with E-state index in [0.29, 0.717) is 48.7 Å². The maximum absolute atomic E-state index is 11.7. The minimum atomic E-state index is -0.244. The Balaban J connectivity index is 2.15. The predicted octanol–water partition coefficient (Wildman–Crippen LogP) is 3.76. The Morgan fingerprint density at radius 2 is 2.04 bits per heavy atom. The highest BCUT2D eigenvalue weighted by molar-refractivity contribution is 6.35. The molecule has 1 heterocycles. The summed E-state index contributed by atoms with van der Waals surface area (Å²) in [6.45, 7) is 3.46. The first-order chi connectivity index (χ1) is 12.5. The molecule has 2 aromatic rings. The lowest BCUT2D eigenvalue weighted by atomic mass is 10.2. The van der Waals surface area contributed by atoms with Crippen molar-refractivity contribution in [3.05, 3.63) is 45.6 Å². The standard InChI is InChI=1S/C18H22Cl2N2O4/c1-3-25-18(23)7-6-15-11-17(26-9-8-24-2)21-22(15)12-13-4-5-14(19)10-16(13)20/h4-5,10-11H,3,6-9,12H2,1-2H3. The molecule has 0 N–H and O–H groups in total. The largest absolute Gasteiger partial charge is 0.474 e. The molecule has 0 radical (unpaired) electrons. The summed E-state index contributed by atoms with van der Waals surface area (Å²) in [6.07, 6.45) is 0.760. The van der Waals surface area contributed by atoms with Gasteiger partial charge in [0.15, 0.2) is 0 Å². The van der Waals surface area contributed by atoms with Crippen LogP contribution in [0.5, 0.6) is 5.88 Å². The Kier molecular flexibility index (Phi) is 8.22. The Hall–Kier alpha value is -1.76. The SMILES string of the molecule is CCOC(=O)CCc1cc(OCCOC)nn1Cc1ccc(Cl)cc1Cl. The molecule has 0 bridgehead atoms. The number of esters is 1. The van der Waals surface area contributed by atoms with Crippen molar-refractivity contribution in [2.24, 2.45) is 0 Å². The number of rotatable bonds is 10. The van der Waals surface area contributed by atoms with Crippen molar-refractivity contribution in [1.82, 2.24) is 9.78 Å². The van der Waals surface area contributed by atoms with Crippen LogP contribution in [0.25, 0.3) is 0 Å². The van der Waals surface area contributed by atoms with Crippen LogP contribution in [-0.2, 0) is 27.2 Å². The molecule has 0 spiro atoms. The first kappa shape index (κ1) is 20.6. The van der Waals surface area contributed by atoms with E-state index >= 15 is 0 Å². The van der Waals surface area contributed by atoms with Gasteiger partial charge in [0.2, 0.25) is 5.88 Å². The zero-order valence-corrected chi connectivity index (χ0v) is 16.3. The van der Waals surface area contributed by atoms with Gasteiger partial charge in [-0.1, -0.05) is 29.3 Å². The van der Waals surface area contributed by atoms with Gasteiger partial charge in [-0.25, -0.2) is 0 Å². The molecule has 0 amide bonds. The van der Waals surface area contributed by atoms with E-state index in [1.54, 1.807) is 30.8 Å². The quantitative estimate of drug-likeness (QED) is 0.448. The highest BCUT2D eigenvalue weighted by Gasteiger charge is 2.13. The van der Waals surface area contributed by atoms with Gasteiger partial charge in [0.05, 0.1) is 26.2 Å². The molecule has 26 heavy (non-hydrogen) atoms. The summed E-state index contributed by atoms with van der Waals surface area (Å²) < 4.78 is 17.3. The van der Waals surface area contributed by atoms with Crippen LogP contribution in [-0.4, -0.2) is 42.7 Å². The number of halogens is 2. The molecule has 2 rings (SSSR count). The van der Waals surface area contributed by atoms with Gasteiger partial charge in [0, 0.05) is 28.9 Å². The number of benzene rings is 1. The number of carbonyl (C=O) groups excluding carboxylic acids is 1. The Bertz CT molecular complexity index is 734. The zero-order valence-electron chi connectivity index (χ0n) is 14.8. The number of methoxy groups -OCH3 is 1. The van der Waals surface area contributed by atoms with Gasteiger partial charge >= 0.3 is 5.97 Å². The van der Waals surface area contributed by atoms with Crippen LogP contribution in [0.3, 0.4) is 0 Å². The van der Waals surface area contributed by atoms with E-state index in [0.717, 1.165) is 11.3 Å². The molecule has 0 saturated carbocycles. The molecule has 6 nitrogen and oxygen atoms in total. The van der Waals surface area contributed by atoms with Crippen molar-refractivity contribution in [2.45, 2.75) is 26.3 Å². The summed E-state index contributed by atoms with van der Waals surface area (Å²) in [5.41, 5.74) is 1.73. The summed E-state index contributed by atoms with van der Waals surface area (Å²) in [5, 5.41) is 5.60. The van der Waals surface area contributed by atoms with Crippen LogP contribution >= 0.6 is 23.2 Å². The number of aromatic nitrogens is 2. The third-order valence-electron chi connectivity index (χ3n) is 3.60. The van der Waals surface area contributed by atoms with Crippen molar-refractivity contribution in [1.29, 1.82) is 0 Å². The molecule has 1 aromatic carbocycles. The number of hydrogen-bond acceptors (Lipinski definition) is 5. The molecule has 0 fully saturated rings. The molecular weight excluding hydrogens is 379 g/mol. The van der Waals surface area contributed by atoms with Crippen LogP contribution in [0.4, 0.5) is 0 Å². The normalized spacial score (nSPS) is 10.8. The predicted molar refractivity (Wildman–Crippen MR) is 100 cm³/mol. The highest BCUT2D eigenvalue weighted by Crippen LogP contribution is 2.23. The van der Waals surface area contributed by atoms with E-state index in [2.05, 4.69) is 5.10 Å². The van der Waals surface area contributed by atoms with E-state index in [1.807, 2.05) is 12.1 Å². The number of aryl methyl sites for hydroxylation is 1. The second-order valence-corrected chi connectivity index (χ2v) is 6.36. The Morgan fingerprint density at radius 1 is 1.23 bits per heavy atom. The Morgan fingerprint density at radius 3 is 2.73 bits per heavy atom. The number of nitrogens with zero attached hydrogens (tertiary/aromatic N) is 2. The summed E-state index contributed by atoms with van der Waals surface area (Å²) in [6, 6.07) is 7.14. The first-order valence-corrected chi connectivity index (χ1v) is 9.07. The second kappa shape index (κ2) is 10.4. The average molecular weight is 401 g/mol. The van der Waals surface area contributed by atoms with E-state index < -0.39 is 0 Å². The maximum atomic E-state index is 11.7.